The number of hydrogen-bond donors (Lipinski definition) is 2. The predicted molar refractivity (Wildman–Crippen MR) is 106 cm³/mol. The predicted octanol–water partition coefficient (Wildman–Crippen LogP) is 4.29. The Morgan fingerprint density at radius 2 is 1.89 bits per heavy atom. The first-order valence-electron chi connectivity index (χ1n) is 8.84. The van der Waals surface area contributed by atoms with E-state index in [1.807, 2.05) is 49.4 Å². The molecule has 2 N–H and O–H groups in total. The van der Waals surface area contributed by atoms with Crippen molar-refractivity contribution in [2.24, 2.45) is 0 Å². The molecule has 3 rings (SSSR count). The van der Waals surface area contributed by atoms with Gasteiger partial charge in [0.1, 0.15) is 5.82 Å². The summed E-state index contributed by atoms with van der Waals surface area (Å²) in [7, 11) is 0. The second-order valence-electron chi connectivity index (χ2n) is 6.50. The number of carbonyl (C=O) groups excluding carboxylic acids is 1. The van der Waals surface area contributed by atoms with Crippen LogP contribution in [-0.4, -0.2) is 20.7 Å². The van der Waals surface area contributed by atoms with Gasteiger partial charge in [0.05, 0.1) is 11.7 Å². The molecule has 0 saturated heterocycles. The Labute approximate surface area is 159 Å². The maximum absolute atomic E-state index is 11.2. The lowest BCUT2D eigenvalue weighted by atomic mass is 10.1. The van der Waals surface area contributed by atoms with E-state index in [-0.39, 0.29) is 6.04 Å². The summed E-state index contributed by atoms with van der Waals surface area (Å²) in [6.45, 7) is 6.27. The number of nitrogens with one attached hydrogen (secondary N) is 1. The van der Waals surface area contributed by atoms with E-state index in [9.17, 15) is 4.79 Å². The number of nitrogens with zero attached hydrogens (tertiary/aromatic N) is 2. The van der Waals surface area contributed by atoms with Gasteiger partial charge >= 0.3 is 0 Å². The lowest BCUT2D eigenvalue weighted by molar-refractivity contribution is -0.124. The van der Waals surface area contributed by atoms with Crippen LogP contribution < -0.4 is 5.48 Å². The highest BCUT2D eigenvalue weighted by Crippen LogP contribution is 2.30. The van der Waals surface area contributed by atoms with Crippen LogP contribution in [0.1, 0.15) is 35.5 Å². The Bertz CT molecular complexity index is 974. The molecule has 2 aromatic carbocycles. The van der Waals surface area contributed by atoms with Crippen LogP contribution in [0.4, 0.5) is 0 Å². The number of amides is 1. The summed E-state index contributed by atoms with van der Waals surface area (Å²) in [6.07, 6.45) is 2.94. The van der Waals surface area contributed by atoms with Crippen molar-refractivity contribution >= 4 is 12.0 Å². The highest BCUT2D eigenvalue weighted by molar-refractivity contribution is 5.91. The summed E-state index contributed by atoms with van der Waals surface area (Å²) in [6, 6.07) is 18.3. The van der Waals surface area contributed by atoms with Crippen molar-refractivity contribution in [1.29, 1.82) is 0 Å². The summed E-state index contributed by atoms with van der Waals surface area (Å²) in [5.41, 5.74) is 6.76. The normalized spacial score (nSPS) is 12.3. The fourth-order valence-corrected chi connectivity index (χ4v) is 3.18. The zero-order valence-corrected chi connectivity index (χ0v) is 15.7. The Kier molecular flexibility index (Phi) is 5.52. The number of imidazole rings is 1. The second kappa shape index (κ2) is 8.01. The molecule has 1 unspecified atom stereocenters. The first kappa shape index (κ1) is 18.6. The van der Waals surface area contributed by atoms with Crippen molar-refractivity contribution in [3.8, 4) is 11.4 Å². The van der Waals surface area contributed by atoms with E-state index < -0.39 is 5.91 Å². The summed E-state index contributed by atoms with van der Waals surface area (Å²) >= 11 is 0. The summed E-state index contributed by atoms with van der Waals surface area (Å²) < 4.78 is 2.24. The number of aryl methyl sites for hydroxylation is 1. The van der Waals surface area contributed by atoms with Gasteiger partial charge in [-0.3, -0.25) is 10.0 Å². The molecule has 1 heterocycles. The lowest BCUT2D eigenvalue weighted by Crippen LogP contribution is -2.14. The van der Waals surface area contributed by atoms with Crippen LogP contribution in [0.2, 0.25) is 0 Å². The standard InChI is InChI=1S/C22H23N3O2/c1-15-16(2)25(17(3)19-9-5-4-6-10-19)22(23-15)20-11-7-8-18(14-20)12-13-21(26)24-27/h4-14,17,27H,1-3H3,(H,24,26)/b13-12+. The van der Waals surface area contributed by atoms with Crippen LogP contribution >= 0.6 is 0 Å². The van der Waals surface area contributed by atoms with Gasteiger partial charge in [-0.2, -0.15) is 0 Å². The quantitative estimate of drug-likeness (QED) is 0.405. The highest BCUT2D eigenvalue weighted by atomic mass is 16.5. The molecule has 0 aliphatic carbocycles. The number of rotatable bonds is 5. The molecule has 0 radical (unpaired) electrons. The second-order valence-corrected chi connectivity index (χ2v) is 6.50. The smallest absolute Gasteiger partial charge is 0.267 e. The molecule has 0 saturated carbocycles. The third kappa shape index (κ3) is 3.99. The molecular weight excluding hydrogens is 338 g/mol. The summed E-state index contributed by atoms with van der Waals surface area (Å²) in [5.74, 6) is 0.328. The molecule has 138 valence electrons. The van der Waals surface area contributed by atoms with Crippen molar-refractivity contribution < 1.29 is 10.0 Å². The molecular formula is C22H23N3O2. The van der Waals surface area contributed by atoms with Gasteiger partial charge in [0.15, 0.2) is 0 Å². The van der Waals surface area contributed by atoms with Gasteiger partial charge < -0.3 is 4.57 Å². The van der Waals surface area contributed by atoms with Crippen LogP contribution in [0.5, 0.6) is 0 Å². The van der Waals surface area contributed by atoms with Crippen molar-refractivity contribution in [2.45, 2.75) is 26.8 Å². The number of benzene rings is 2. The van der Waals surface area contributed by atoms with Gasteiger partial charge in [0, 0.05) is 17.3 Å². The Hall–Kier alpha value is -3.18. The van der Waals surface area contributed by atoms with Gasteiger partial charge in [0.2, 0.25) is 0 Å². The first-order chi connectivity index (χ1) is 13.0. The average Bonchev–Trinajstić information content (AvgIpc) is 3.01. The molecule has 1 atom stereocenters. The van der Waals surface area contributed by atoms with Gasteiger partial charge in [-0.05, 0) is 44.0 Å². The molecule has 3 aromatic rings. The fraction of sp³-hybridized carbons (Fsp3) is 0.182. The minimum absolute atomic E-state index is 0.141. The van der Waals surface area contributed by atoms with Crippen molar-refractivity contribution in [2.75, 3.05) is 0 Å². The SMILES string of the molecule is Cc1nc(-c2cccc(/C=C/C(=O)NO)c2)n(C(C)c2ccccc2)c1C. The minimum atomic E-state index is -0.564. The molecule has 1 aromatic heterocycles. The van der Waals surface area contributed by atoms with E-state index in [1.54, 1.807) is 11.6 Å². The molecule has 0 spiro atoms. The van der Waals surface area contributed by atoms with Crippen molar-refractivity contribution in [3.63, 3.8) is 0 Å². The van der Waals surface area contributed by atoms with Crippen molar-refractivity contribution in [3.05, 3.63) is 83.2 Å². The molecule has 0 fully saturated rings. The van der Waals surface area contributed by atoms with Gasteiger partial charge in [-0.1, -0.05) is 48.5 Å². The maximum atomic E-state index is 11.2. The van der Waals surface area contributed by atoms with E-state index in [2.05, 4.69) is 30.5 Å². The highest BCUT2D eigenvalue weighted by Gasteiger charge is 2.18. The van der Waals surface area contributed by atoms with Crippen LogP contribution in [0, 0.1) is 13.8 Å². The average molecular weight is 361 g/mol. The van der Waals surface area contributed by atoms with E-state index in [0.29, 0.717) is 0 Å². The summed E-state index contributed by atoms with van der Waals surface area (Å²) in [4.78, 5) is 16.0. The van der Waals surface area contributed by atoms with Gasteiger partial charge in [-0.25, -0.2) is 10.5 Å². The van der Waals surface area contributed by atoms with Crippen LogP contribution in [0.25, 0.3) is 17.5 Å². The van der Waals surface area contributed by atoms with Crippen LogP contribution in [0.3, 0.4) is 0 Å². The third-order valence-electron chi connectivity index (χ3n) is 4.74. The number of hydroxylamine groups is 1. The Morgan fingerprint density at radius 3 is 2.59 bits per heavy atom. The van der Waals surface area contributed by atoms with Crippen LogP contribution in [-0.2, 0) is 4.79 Å². The Balaban J connectivity index is 2.04. The van der Waals surface area contributed by atoms with E-state index in [0.717, 1.165) is 28.3 Å². The molecule has 1 amide bonds. The lowest BCUT2D eigenvalue weighted by Gasteiger charge is -2.19. The molecule has 27 heavy (non-hydrogen) atoms. The Morgan fingerprint density at radius 1 is 1.15 bits per heavy atom. The zero-order chi connectivity index (χ0) is 19.4. The van der Waals surface area contributed by atoms with Crippen molar-refractivity contribution in [1.82, 2.24) is 15.0 Å². The zero-order valence-electron chi connectivity index (χ0n) is 15.7. The topological polar surface area (TPSA) is 67.2 Å². The first-order valence-corrected chi connectivity index (χ1v) is 8.84. The van der Waals surface area contributed by atoms with Gasteiger partial charge in [0.25, 0.3) is 5.91 Å². The van der Waals surface area contributed by atoms with E-state index in [1.165, 1.54) is 11.6 Å². The fourth-order valence-electron chi connectivity index (χ4n) is 3.18. The molecule has 0 aliphatic rings. The van der Waals surface area contributed by atoms with Gasteiger partial charge in [-0.15, -0.1) is 0 Å². The maximum Gasteiger partial charge on any atom is 0.267 e. The monoisotopic (exact) mass is 361 g/mol. The number of hydrogen-bond acceptors (Lipinski definition) is 3. The third-order valence-corrected chi connectivity index (χ3v) is 4.74. The summed E-state index contributed by atoms with van der Waals surface area (Å²) in [5, 5.41) is 8.62. The minimum Gasteiger partial charge on any atom is -0.321 e. The molecule has 5 heteroatoms. The molecule has 0 aliphatic heterocycles. The van der Waals surface area contributed by atoms with Crippen LogP contribution in [0.15, 0.2) is 60.7 Å². The van der Waals surface area contributed by atoms with E-state index >= 15 is 0 Å². The van der Waals surface area contributed by atoms with E-state index in [4.69, 9.17) is 10.2 Å². The number of carbonyl (C=O) groups is 1. The largest absolute Gasteiger partial charge is 0.321 e. The molecule has 5 nitrogen and oxygen atoms in total. The molecule has 0 bridgehead atoms. The number of aromatic nitrogens is 2.